The summed E-state index contributed by atoms with van der Waals surface area (Å²) in [6.45, 7) is 3.78. The maximum Gasteiger partial charge on any atom is 0.436 e. The molecule has 0 radical (unpaired) electrons. The van der Waals surface area contributed by atoms with E-state index in [1.54, 1.807) is 10.9 Å². The molecule has 0 saturated heterocycles. The number of nitrogens with zero attached hydrogens (tertiary/aromatic N) is 4. The van der Waals surface area contributed by atoms with Crippen molar-refractivity contribution in [2.24, 2.45) is 5.92 Å². The first-order chi connectivity index (χ1) is 11.7. The topological polar surface area (TPSA) is 64.7 Å². The van der Waals surface area contributed by atoms with Gasteiger partial charge in [0.05, 0.1) is 22.1 Å². The smallest absolute Gasteiger partial charge is 0.322 e. The first kappa shape index (κ1) is 18.0. The fourth-order valence-corrected chi connectivity index (χ4v) is 2.99. The lowest BCUT2D eigenvalue weighted by atomic mass is 10.3. The van der Waals surface area contributed by atoms with Gasteiger partial charge in [-0.1, -0.05) is 0 Å². The van der Waals surface area contributed by atoms with Crippen LogP contribution in [-0.2, 0) is 17.5 Å². The van der Waals surface area contributed by atoms with E-state index in [1.165, 1.54) is 32.9 Å². The monoisotopic (exact) mass is 419 g/mol. The molecule has 1 unspecified atom stereocenters. The fourth-order valence-electron chi connectivity index (χ4n) is 2.51. The highest BCUT2D eigenvalue weighted by Gasteiger charge is 2.39. The van der Waals surface area contributed by atoms with Gasteiger partial charge in [-0.15, -0.1) is 0 Å². The summed E-state index contributed by atoms with van der Waals surface area (Å²) in [6.07, 6.45) is 1.03. The van der Waals surface area contributed by atoms with Crippen LogP contribution in [0.15, 0.2) is 16.9 Å². The summed E-state index contributed by atoms with van der Waals surface area (Å²) in [5, 5.41) is 10.4. The van der Waals surface area contributed by atoms with Gasteiger partial charge in [0.15, 0.2) is 5.69 Å². The van der Waals surface area contributed by atoms with Crippen LogP contribution in [0.3, 0.4) is 0 Å². The maximum atomic E-state index is 12.9. The molecule has 1 saturated carbocycles. The zero-order valence-corrected chi connectivity index (χ0v) is 15.2. The minimum absolute atomic E-state index is 0.156. The van der Waals surface area contributed by atoms with Crippen LogP contribution >= 0.6 is 15.9 Å². The Balaban J connectivity index is 1.72. The molecule has 1 amide bonds. The lowest BCUT2D eigenvalue weighted by Crippen LogP contribution is -2.25. The molecule has 1 aliphatic carbocycles. The molecule has 1 fully saturated rings. The second kappa shape index (κ2) is 6.47. The van der Waals surface area contributed by atoms with Gasteiger partial charge in [0, 0.05) is 12.7 Å². The number of rotatable bonds is 5. The molecule has 25 heavy (non-hydrogen) atoms. The van der Waals surface area contributed by atoms with Gasteiger partial charge in [-0.25, -0.2) is 0 Å². The van der Waals surface area contributed by atoms with Crippen LogP contribution in [0.1, 0.15) is 37.2 Å². The molecule has 136 valence electrons. The molecule has 6 nitrogen and oxygen atoms in total. The highest BCUT2D eigenvalue weighted by Crippen LogP contribution is 2.36. The molecule has 2 heterocycles. The van der Waals surface area contributed by atoms with Crippen LogP contribution in [0.4, 0.5) is 18.9 Å². The number of halogens is 4. The van der Waals surface area contributed by atoms with E-state index in [1.807, 2.05) is 0 Å². The SMILES string of the molecule is Cc1c(Br)c(C(F)(F)F)nn1C(C)C(=O)Nc1cnn(CC2CC2)c1. The third kappa shape index (κ3) is 3.88. The number of alkyl halides is 3. The number of amides is 1. The lowest BCUT2D eigenvalue weighted by Gasteiger charge is -2.13. The van der Waals surface area contributed by atoms with Crippen molar-refractivity contribution in [3.63, 3.8) is 0 Å². The van der Waals surface area contributed by atoms with Crippen molar-refractivity contribution in [3.05, 3.63) is 28.3 Å². The van der Waals surface area contributed by atoms with E-state index < -0.39 is 23.8 Å². The van der Waals surface area contributed by atoms with Gasteiger partial charge in [0.25, 0.3) is 0 Å². The molecule has 0 bridgehead atoms. The second-order valence-corrected chi connectivity index (χ2v) is 7.04. The molecule has 0 aliphatic heterocycles. The molecule has 1 N–H and O–H groups in total. The zero-order valence-electron chi connectivity index (χ0n) is 13.6. The van der Waals surface area contributed by atoms with E-state index in [0.29, 0.717) is 11.6 Å². The highest BCUT2D eigenvalue weighted by atomic mass is 79.9. The lowest BCUT2D eigenvalue weighted by molar-refractivity contribution is -0.142. The van der Waals surface area contributed by atoms with Crippen molar-refractivity contribution < 1.29 is 18.0 Å². The molecule has 1 atom stereocenters. The third-order valence-corrected chi connectivity index (χ3v) is 5.08. The Morgan fingerprint density at radius 1 is 1.48 bits per heavy atom. The van der Waals surface area contributed by atoms with Gasteiger partial charge < -0.3 is 5.32 Å². The van der Waals surface area contributed by atoms with Gasteiger partial charge in [-0.3, -0.25) is 14.2 Å². The number of carbonyl (C=O) groups excluding carboxylic acids is 1. The number of anilines is 1. The summed E-state index contributed by atoms with van der Waals surface area (Å²) in [5.41, 5.74) is -0.293. The summed E-state index contributed by atoms with van der Waals surface area (Å²) < 4.78 is 41.5. The van der Waals surface area contributed by atoms with Crippen LogP contribution in [0, 0.1) is 12.8 Å². The van der Waals surface area contributed by atoms with Crippen molar-refractivity contribution in [1.82, 2.24) is 19.6 Å². The van der Waals surface area contributed by atoms with Crippen molar-refractivity contribution in [3.8, 4) is 0 Å². The fraction of sp³-hybridized carbons (Fsp3) is 0.533. The standard InChI is InChI=1S/C15H17BrF3N5O/c1-8-12(16)13(15(17,18)19)22-24(8)9(2)14(25)21-11-5-20-23(7-11)6-10-3-4-10/h5,7,9-10H,3-4,6H2,1-2H3,(H,21,25). The summed E-state index contributed by atoms with van der Waals surface area (Å²) in [4.78, 5) is 12.4. The molecule has 10 heteroatoms. The van der Waals surface area contributed by atoms with Crippen LogP contribution < -0.4 is 5.32 Å². The average molecular weight is 420 g/mol. The minimum Gasteiger partial charge on any atom is -0.322 e. The second-order valence-electron chi connectivity index (χ2n) is 6.25. The zero-order chi connectivity index (χ0) is 18.4. The van der Waals surface area contributed by atoms with E-state index in [-0.39, 0.29) is 10.2 Å². The van der Waals surface area contributed by atoms with Crippen molar-refractivity contribution in [1.29, 1.82) is 0 Å². The van der Waals surface area contributed by atoms with E-state index >= 15 is 0 Å². The summed E-state index contributed by atoms with van der Waals surface area (Å²) in [7, 11) is 0. The van der Waals surface area contributed by atoms with Crippen LogP contribution in [0.5, 0.6) is 0 Å². The normalized spacial score (nSPS) is 16.1. The molecule has 3 rings (SSSR count). The van der Waals surface area contributed by atoms with Crippen molar-refractivity contribution in [2.75, 3.05) is 5.32 Å². The van der Waals surface area contributed by atoms with Gasteiger partial charge in [0.2, 0.25) is 5.91 Å². The Kier molecular flexibility index (Phi) is 4.65. The first-order valence-corrected chi connectivity index (χ1v) is 8.61. The molecule has 0 aromatic carbocycles. The average Bonchev–Trinajstić information content (AvgIpc) is 3.14. The molecule has 2 aromatic heterocycles. The predicted molar refractivity (Wildman–Crippen MR) is 88.0 cm³/mol. The largest absolute Gasteiger partial charge is 0.436 e. The summed E-state index contributed by atoms with van der Waals surface area (Å²) >= 11 is 2.90. The highest BCUT2D eigenvalue weighted by molar-refractivity contribution is 9.10. The maximum absolute atomic E-state index is 12.9. The predicted octanol–water partition coefficient (Wildman–Crippen LogP) is 3.78. The Bertz CT molecular complexity index is 794. The Morgan fingerprint density at radius 2 is 2.16 bits per heavy atom. The quantitative estimate of drug-likeness (QED) is 0.801. The molecular weight excluding hydrogens is 403 g/mol. The van der Waals surface area contributed by atoms with E-state index in [0.717, 1.165) is 11.2 Å². The van der Waals surface area contributed by atoms with Crippen LogP contribution in [0.25, 0.3) is 0 Å². The van der Waals surface area contributed by atoms with Crippen molar-refractivity contribution in [2.45, 2.75) is 45.5 Å². The molecular formula is C15H17BrF3N5O. The number of nitrogens with one attached hydrogen (secondary N) is 1. The summed E-state index contributed by atoms with van der Waals surface area (Å²) in [5.74, 6) is 0.185. The Hall–Kier alpha value is -1.84. The number of hydrogen-bond acceptors (Lipinski definition) is 3. The van der Waals surface area contributed by atoms with Gasteiger partial charge in [-0.2, -0.15) is 23.4 Å². The van der Waals surface area contributed by atoms with E-state index in [4.69, 9.17) is 0 Å². The number of hydrogen-bond donors (Lipinski definition) is 1. The van der Waals surface area contributed by atoms with Gasteiger partial charge in [0.1, 0.15) is 6.04 Å². The number of carbonyl (C=O) groups is 1. The third-order valence-electron chi connectivity index (χ3n) is 4.13. The Labute approximate surface area is 150 Å². The van der Waals surface area contributed by atoms with Crippen LogP contribution in [0.2, 0.25) is 0 Å². The Morgan fingerprint density at radius 3 is 2.72 bits per heavy atom. The van der Waals surface area contributed by atoms with E-state index in [2.05, 4.69) is 31.4 Å². The number of aromatic nitrogens is 4. The van der Waals surface area contributed by atoms with Crippen molar-refractivity contribution >= 4 is 27.5 Å². The minimum atomic E-state index is -4.59. The van der Waals surface area contributed by atoms with Gasteiger partial charge in [-0.05, 0) is 48.5 Å². The summed E-state index contributed by atoms with van der Waals surface area (Å²) in [6, 6.07) is -0.904. The molecule has 0 spiro atoms. The molecule has 2 aromatic rings. The van der Waals surface area contributed by atoms with Gasteiger partial charge >= 0.3 is 6.18 Å². The van der Waals surface area contributed by atoms with Crippen LogP contribution in [-0.4, -0.2) is 25.5 Å². The first-order valence-electron chi connectivity index (χ1n) is 7.82. The molecule has 1 aliphatic rings. The van der Waals surface area contributed by atoms with E-state index in [9.17, 15) is 18.0 Å².